The zero-order valence-electron chi connectivity index (χ0n) is 10.5. The molecule has 3 aliphatic rings. The highest BCUT2D eigenvalue weighted by Crippen LogP contribution is 2.35. The van der Waals surface area contributed by atoms with Gasteiger partial charge in [0, 0.05) is 12.5 Å². The Balaban J connectivity index is 1.57. The summed E-state index contributed by atoms with van der Waals surface area (Å²) < 4.78 is 6.10. The van der Waals surface area contributed by atoms with Gasteiger partial charge >= 0.3 is 0 Å². The Morgan fingerprint density at radius 2 is 1.82 bits per heavy atom. The second-order valence-electron chi connectivity index (χ2n) is 6.02. The van der Waals surface area contributed by atoms with Gasteiger partial charge in [0.25, 0.3) is 0 Å². The minimum atomic E-state index is -0.284. The van der Waals surface area contributed by atoms with Gasteiger partial charge in [-0.1, -0.05) is 0 Å². The lowest BCUT2D eigenvalue weighted by Gasteiger charge is -2.39. The summed E-state index contributed by atoms with van der Waals surface area (Å²) in [7, 11) is 0. The molecule has 3 aliphatic carbocycles. The fourth-order valence-electron chi connectivity index (χ4n) is 3.00. The van der Waals surface area contributed by atoms with Gasteiger partial charge in [0.15, 0.2) is 0 Å². The van der Waals surface area contributed by atoms with Gasteiger partial charge < -0.3 is 4.74 Å². The van der Waals surface area contributed by atoms with E-state index >= 15 is 0 Å². The van der Waals surface area contributed by atoms with Crippen LogP contribution in [0.1, 0.15) is 57.8 Å². The summed E-state index contributed by atoms with van der Waals surface area (Å²) in [6.45, 7) is 0. The molecule has 0 aromatic heterocycles. The molecule has 3 heteroatoms. The molecule has 2 atom stereocenters. The average Bonchev–Trinajstić information content (AvgIpc) is 3.08. The molecule has 2 unspecified atom stereocenters. The predicted octanol–water partition coefficient (Wildman–Crippen LogP) is 2.51. The molecule has 94 valence electrons. The molecule has 0 amide bonds. The van der Waals surface area contributed by atoms with Crippen LogP contribution < -0.4 is 5.32 Å². The molecule has 0 bridgehead atoms. The average molecular weight is 234 g/mol. The predicted molar refractivity (Wildman–Crippen MR) is 65.5 cm³/mol. The fraction of sp³-hybridized carbons (Fsp3) is 0.929. The zero-order valence-corrected chi connectivity index (χ0v) is 10.5. The highest BCUT2D eigenvalue weighted by Gasteiger charge is 2.41. The first kappa shape index (κ1) is 11.5. The fourth-order valence-corrected chi connectivity index (χ4v) is 3.00. The summed E-state index contributed by atoms with van der Waals surface area (Å²) in [4.78, 5) is 0. The van der Waals surface area contributed by atoms with Gasteiger partial charge in [-0.25, -0.2) is 0 Å². The van der Waals surface area contributed by atoms with Gasteiger partial charge in [-0.15, -0.1) is 0 Å². The molecule has 0 radical (unpaired) electrons. The van der Waals surface area contributed by atoms with E-state index in [-0.39, 0.29) is 5.54 Å². The van der Waals surface area contributed by atoms with E-state index in [9.17, 15) is 5.26 Å². The Kier molecular flexibility index (Phi) is 3.10. The van der Waals surface area contributed by atoms with Crippen LogP contribution in [0.15, 0.2) is 0 Å². The summed E-state index contributed by atoms with van der Waals surface area (Å²) in [6.07, 6.45) is 11.3. The summed E-state index contributed by atoms with van der Waals surface area (Å²) in [6, 6.07) is 3.15. The lowest BCUT2D eigenvalue weighted by Crippen LogP contribution is -2.51. The smallest absolute Gasteiger partial charge is 0.109 e. The zero-order chi connectivity index (χ0) is 11.7. The van der Waals surface area contributed by atoms with Crippen LogP contribution in [-0.2, 0) is 4.74 Å². The third-order valence-corrected chi connectivity index (χ3v) is 4.41. The Morgan fingerprint density at radius 3 is 2.41 bits per heavy atom. The van der Waals surface area contributed by atoms with Gasteiger partial charge in [0.05, 0.1) is 18.3 Å². The maximum absolute atomic E-state index is 9.47. The van der Waals surface area contributed by atoms with E-state index in [0.29, 0.717) is 18.2 Å². The number of nitriles is 1. The molecule has 3 saturated carbocycles. The largest absolute Gasteiger partial charge is 0.375 e. The first-order chi connectivity index (χ1) is 8.30. The van der Waals surface area contributed by atoms with E-state index in [1.165, 1.54) is 32.1 Å². The molecule has 0 spiro atoms. The van der Waals surface area contributed by atoms with E-state index in [0.717, 1.165) is 25.7 Å². The quantitative estimate of drug-likeness (QED) is 0.813. The maximum atomic E-state index is 9.47. The van der Waals surface area contributed by atoms with Crippen molar-refractivity contribution in [3.63, 3.8) is 0 Å². The van der Waals surface area contributed by atoms with Crippen molar-refractivity contribution in [3.8, 4) is 6.07 Å². The lowest BCUT2D eigenvalue weighted by molar-refractivity contribution is -0.0742. The van der Waals surface area contributed by atoms with E-state index in [2.05, 4.69) is 11.4 Å². The highest BCUT2D eigenvalue weighted by atomic mass is 16.5. The van der Waals surface area contributed by atoms with Gasteiger partial charge in [-0.3, -0.25) is 5.32 Å². The van der Waals surface area contributed by atoms with E-state index < -0.39 is 0 Å². The molecular weight excluding hydrogens is 212 g/mol. The minimum absolute atomic E-state index is 0.284. The lowest BCUT2D eigenvalue weighted by atomic mass is 9.80. The molecular formula is C14H22N2O. The molecule has 3 rings (SSSR count). The van der Waals surface area contributed by atoms with Crippen LogP contribution in [-0.4, -0.2) is 23.8 Å². The molecule has 17 heavy (non-hydrogen) atoms. The van der Waals surface area contributed by atoms with E-state index in [1.54, 1.807) is 0 Å². The Labute approximate surface area is 104 Å². The van der Waals surface area contributed by atoms with Crippen LogP contribution in [0, 0.1) is 11.3 Å². The van der Waals surface area contributed by atoms with Crippen LogP contribution in [0.3, 0.4) is 0 Å². The number of ether oxygens (including phenoxy) is 1. The molecule has 1 N–H and O–H groups in total. The van der Waals surface area contributed by atoms with Crippen molar-refractivity contribution < 1.29 is 4.74 Å². The number of nitrogens with zero attached hydrogens (tertiary/aromatic N) is 1. The van der Waals surface area contributed by atoms with Crippen molar-refractivity contribution in [2.75, 3.05) is 0 Å². The summed E-state index contributed by atoms with van der Waals surface area (Å²) in [5.41, 5.74) is -0.284. The molecule has 0 aromatic rings. The summed E-state index contributed by atoms with van der Waals surface area (Å²) >= 11 is 0. The Morgan fingerprint density at radius 1 is 1.06 bits per heavy atom. The third kappa shape index (κ3) is 2.64. The highest BCUT2D eigenvalue weighted by molar-refractivity contribution is 5.12. The second kappa shape index (κ2) is 4.59. The normalized spacial score (nSPS) is 38.4. The van der Waals surface area contributed by atoms with Gasteiger partial charge in [-0.2, -0.15) is 5.26 Å². The second-order valence-corrected chi connectivity index (χ2v) is 6.02. The number of hydrogen-bond donors (Lipinski definition) is 1. The van der Waals surface area contributed by atoms with Crippen LogP contribution in [0.5, 0.6) is 0 Å². The number of hydrogen-bond acceptors (Lipinski definition) is 3. The van der Waals surface area contributed by atoms with Gasteiger partial charge in [-0.05, 0) is 51.4 Å². The standard InChI is InChI=1S/C14H22N2O/c15-10-14(16-11-6-7-11)8-2-5-13(9-14)17-12-3-1-4-12/h11-13,16H,1-9H2. The van der Waals surface area contributed by atoms with Crippen LogP contribution in [0.2, 0.25) is 0 Å². The van der Waals surface area contributed by atoms with Crippen LogP contribution in [0.25, 0.3) is 0 Å². The molecule has 0 aliphatic heterocycles. The molecule has 0 aromatic carbocycles. The van der Waals surface area contributed by atoms with Crippen molar-refractivity contribution >= 4 is 0 Å². The van der Waals surface area contributed by atoms with Gasteiger partial charge in [0.1, 0.15) is 5.54 Å². The van der Waals surface area contributed by atoms with Crippen molar-refractivity contribution in [1.29, 1.82) is 5.26 Å². The first-order valence-corrected chi connectivity index (χ1v) is 7.14. The van der Waals surface area contributed by atoms with Crippen molar-refractivity contribution in [1.82, 2.24) is 5.32 Å². The van der Waals surface area contributed by atoms with Crippen molar-refractivity contribution in [2.45, 2.75) is 81.6 Å². The number of rotatable bonds is 4. The Bertz CT molecular complexity index is 317. The summed E-state index contributed by atoms with van der Waals surface area (Å²) in [5, 5.41) is 13.0. The molecule has 0 heterocycles. The number of nitrogens with one attached hydrogen (secondary N) is 1. The van der Waals surface area contributed by atoms with Gasteiger partial charge in [0.2, 0.25) is 0 Å². The third-order valence-electron chi connectivity index (χ3n) is 4.41. The summed E-state index contributed by atoms with van der Waals surface area (Å²) in [5.74, 6) is 0. The molecule has 3 fully saturated rings. The van der Waals surface area contributed by atoms with E-state index in [1.807, 2.05) is 0 Å². The van der Waals surface area contributed by atoms with Crippen LogP contribution in [0.4, 0.5) is 0 Å². The topological polar surface area (TPSA) is 45.0 Å². The van der Waals surface area contributed by atoms with E-state index in [4.69, 9.17) is 4.74 Å². The van der Waals surface area contributed by atoms with Crippen molar-refractivity contribution in [2.24, 2.45) is 0 Å². The SMILES string of the molecule is N#CC1(NC2CC2)CCCC(OC2CCC2)C1. The maximum Gasteiger partial charge on any atom is 0.109 e. The minimum Gasteiger partial charge on any atom is -0.375 e. The first-order valence-electron chi connectivity index (χ1n) is 7.14. The van der Waals surface area contributed by atoms with Crippen molar-refractivity contribution in [3.05, 3.63) is 0 Å². The monoisotopic (exact) mass is 234 g/mol. The molecule has 0 saturated heterocycles. The Hall–Kier alpha value is -0.590. The van der Waals surface area contributed by atoms with Crippen LogP contribution >= 0.6 is 0 Å². The molecule has 3 nitrogen and oxygen atoms in total.